The van der Waals surface area contributed by atoms with Crippen molar-refractivity contribution in [2.75, 3.05) is 10.8 Å². The van der Waals surface area contributed by atoms with Crippen molar-refractivity contribution >= 4 is 27.6 Å². The first-order chi connectivity index (χ1) is 16.0. The van der Waals surface area contributed by atoms with Crippen LogP contribution in [0.2, 0.25) is 0 Å². The van der Waals surface area contributed by atoms with Crippen LogP contribution in [0.4, 0.5) is 23.2 Å². The quantitative estimate of drug-likeness (QED) is 0.480. The second-order valence-corrected chi connectivity index (χ2v) is 10.6. The van der Waals surface area contributed by atoms with Crippen LogP contribution in [0.5, 0.6) is 5.75 Å². The Bertz CT molecular complexity index is 1270. The number of alkyl halides is 3. The van der Waals surface area contributed by atoms with E-state index >= 15 is 0 Å². The Morgan fingerprint density at radius 2 is 1.80 bits per heavy atom. The van der Waals surface area contributed by atoms with Gasteiger partial charge in [0.15, 0.2) is 6.10 Å². The van der Waals surface area contributed by atoms with E-state index < -0.39 is 62.6 Å². The van der Waals surface area contributed by atoms with E-state index in [0.29, 0.717) is 22.0 Å². The largest absolute Gasteiger partial charge is 0.476 e. The number of anilines is 1. The molecular weight excluding hydrogens is 496 g/mol. The van der Waals surface area contributed by atoms with Gasteiger partial charge in [-0.3, -0.25) is 13.9 Å². The first-order valence-corrected chi connectivity index (χ1v) is 11.6. The highest BCUT2D eigenvalue weighted by atomic mass is 32.2. The van der Waals surface area contributed by atoms with Crippen molar-refractivity contribution in [3.8, 4) is 5.75 Å². The van der Waals surface area contributed by atoms with Crippen LogP contribution in [0, 0.1) is 5.82 Å². The van der Waals surface area contributed by atoms with Gasteiger partial charge in [0.25, 0.3) is 15.9 Å². The number of carbonyl (C=O) groups is 2. The molecule has 0 radical (unpaired) electrons. The van der Waals surface area contributed by atoms with E-state index in [2.05, 4.69) is 0 Å². The molecule has 0 saturated heterocycles. The van der Waals surface area contributed by atoms with E-state index in [4.69, 9.17) is 15.2 Å². The third-order valence-corrected chi connectivity index (χ3v) is 6.59. The van der Waals surface area contributed by atoms with Crippen LogP contribution in [0.1, 0.15) is 31.9 Å². The molecule has 0 saturated carbocycles. The van der Waals surface area contributed by atoms with Crippen LogP contribution in [0.3, 0.4) is 0 Å². The lowest BCUT2D eigenvalue weighted by atomic mass is 10.1. The Kier molecular flexibility index (Phi) is 6.77. The molecule has 2 N–H and O–H groups in total. The molecule has 2 aromatic rings. The van der Waals surface area contributed by atoms with Crippen LogP contribution in [-0.2, 0) is 36.9 Å². The third kappa shape index (κ3) is 5.84. The number of benzene rings is 2. The number of rotatable bonds is 5. The predicted octanol–water partition coefficient (Wildman–Crippen LogP) is 3.17. The average molecular weight is 518 g/mol. The maximum atomic E-state index is 13.7. The second kappa shape index (κ2) is 9.02. The fraction of sp³-hybridized carbons (Fsp3) is 0.364. The molecule has 1 heterocycles. The number of nitrogens with two attached hydrogens (primary N) is 1. The molecule has 0 fully saturated rings. The first kappa shape index (κ1) is 26.3. The molecule has 0 bridgehead atoms. The summed E-state index contributed by atoms with van der Waals surface area (Å²) in [7, 11) is -4.75. The summed E-state index contributed by atoms with van der Waals surface area (Å²) in [6, 6.07) is 5.27. The van der Waals surface area contributed by atoms with Crippen molar-refractivity contribution in [3.63, 3.8) is 0 Å². The van der Waals surface area contributed by atoms with Crippen molar-refractivity contribution in [2.24, 2.45) is 5.73 Å². The highest BCUT2D eigenvalue weighted by molar-refractivity contribution is 7.92. The summed E-state index contributed by atoms with van der Waals surface area (Å²) in [5.41, 5.74) is 2.92. The Morgan fingerprint density at radius 1 is 1.14 bits per heavy atom. The summed E-state index contributed by atoms with van der Waals surface area (Å²) in [5, 5.41) is 0. The van der Waals surface area contributed by atoms with E-state index in [1.807, 2.05) is 0 Å². The highest BCUT2D eigenvalue weighted by Gasteiger charge is 2.40. The molecule has 35 heavy (non-hydrogen) atoms. The fourth-order valence-electron chi connectivity index (χ4n) is 3.34. The Hall–Kier alpha value is -3.35. The lowest BCUT2D eigenvalue weighted by Gasteiger charge is -2.34. The van der Waals surface area contributed by atoms with Gasteiger partial charge in [-0.05, 0) is 56.7 Å². The molecule has 0 spiro atoms. The number of fused-ring (bicyclic) bond motifs is 1. The number of hydrogen-bond donors (Lipinski definition) is 1. The van der Waals surface area contributed by atoms with Gasteiger partial charge in [-0.15, -0.1) is 0 Å². The number of sulfonamides is 1. The van der Waals surface area contributed by atoms with Crippen molar-refractivity contribution in [3.05, 3.63) is 53.3 Å². The van der Waals surface area contributed by atoms with E-state index in [1.165, 1.54) is 18.2 Å². The lowest BCUT2D eigenvalue weighted by molar-refractivity contribution is -0.154. The Balaban J connectivity index is 2.08. The number of esters is 1. The summed E-state index contributed by atoms with van der Waals surface area (Å²) in [4.78, 5) is 23.1. The molecule has 3 rings (SSSR count). The number of amides is 1. The molecule has 0 unspecified atom stereocenters. The van der Waals surface area contributed by atoms with Crippen molar-refractivity contribution in [1.29, 1.82) is 0 Å². The maximum Gasteiger partial charge on any atom is 0.419 e. The Labute approximate surface area is 198 Å². The summed E-state index contributed by atoms with van der Waals surface area (Å²) >= 11 is 0. The van der Waals surface area contributed by atoms with Crippen LogP contribution in [-0.4, -0.2) is 38.5 Å². The van der Waals surface area contributed by atoms with E-state index in [9.17, 15) is 35.6 Å². The summed E-state index contributed by atoms with van der Waals surface area (Å²) < 4.78 is 91.4. The van der Waals surface area contributed by atoms with Gasteiger partial charge in [-0.2, -0.15) is 13.2 Å². The van der Waals surface area contributed by atoms with Crippen LogP contribution in [0.15, 0.2) is 41.3 Å². The highest BCUT2D eigenvalue weighted by Crippen LogP contribution is 2.39. The van der Waals surface area contributed by atoms with Gasteiger partial charge in [0.2, 0.25) is 0 Å². The maximum absolute atomic E-state index is 13.7. The minimum absolute atomic E-state index is 0.102. The normalized spacial score (nSPS) is 16.3. The number of hydrogen-bond acceptors (Lipinski definition) is 6. The first-order valence-electron chi connectivity index (χ1n) is 10.2. The molecule has 1 amide bonds. The fourth-order valence-corrected chi connectivity index (χ4v) is 4.83. The van der Waals surface area contributed by atoms with Crippen molar-refractivity contribution in [1.82, 2.24) is 0 Å². The standard InChI is InChI=1S/C22H22F4N2O6S/c1-21(2,3)34-19(29)9-12-4-7-17-16(8-12)28(11-18(33-17)20(27)30)35(31,32)13-5-6-15(23)14(10-13)22(24,25)26/h4-8,10,18H,9,11H2,1-3H3,(H2,27,30)/t18-/m1/s1. The van der Waals surface area contributed by atoms with Crippen molar-refractivity contribution in [2.45, 2.75) is 50.0 Å². The number of ether oxygens (including phenoxy) is 2. The van der Waals surface area contributed by atoms with Gasteiger partial charge in [0.1, 0.15) is 17.2 Å². The molecule has 0 aromatic heterocycles. The van der Waals surface area contributed by atoms with E-state index in [1.54, 1.807) is 20.8 Å². The zero-order valence-electron chi connectivity index (χ0n) is 18.8. The van der Waals surface area contributed by atoms with Gasteiger partial charge in [-0.25, -0.2) is 12.8 Å². The topological polar surface area (TPSA) is 116 Å². The summed E-state index contributed by atoms with van der Waals surface area (Å²) in [5.74, 6) is -3.36. The van der Waals surface area contributed by atoms with Gasteiger partial charge in [0, 0.05) is 0 Å². The minimum Gasteiger partial charge on any atom is -0.476 e. The number of nitrogens with zero attached hydrogens (tertiary/aromatic N) is 1. The molecule has 1 aliphatic heterocycles. The zero-order valence-corrected chi connectivity index (χ0v) is 19.7. The minimum atomic E-state index is -5.14. The van der Waals surface area contributed by atoms with E-state index in [-0.39, 0.29) is 23.9 Å². The summed E-state index contributed by atoms with van der Waals surface area (Å²) in [6.45, 7) is 4.35. The average Bonchev–Trinajstić information content (AvgIpc) is 2.70. The number of carbonyl (C=O) groups excluding carboxylic acids is 2. The molecule has 1 aliphatic rings. The molecule has 2 aromatic carbocycles. The molecule has 8 nitrogen and oxygen atoms in total. The third-order valence-electron chi connectivity index (χ3n) is 4.81. The zero-order chi connectivity index (χ0) is 26.3. The van der Waals surface area contributed by atoms with Gasteiger partial charge < -0.3 is 15.2 Å². The smallest absolute Gasteiger partial charge is 0.419 e. The van der Waals surface area contributed by atoms with Gasteiger partial charge in [-0.1, -0.05) is 6.07 Å². The van der Waals surface area contributed by atoms with Gasteiger partial charge in [0.05, 0.1) is 29.1 Å². The van der Waals surface area contributed by atoms with Crippen LogP contribution >= 0.6 is 0 Å². The van der Waals surface area contributed by atoms with Crippen LogP contribution < -0.4 is 14.8 Å². The predicted molar refractivity (Wildman–Crippen MR) is 116 cm³/mol. The van der Waals surface area contributed by atoms with Crippen LogP contribution in [0.25, 0.3) is 0 Å². The van der Waals surface area contributed by atoms with Gasteiger partial charge >= 0.3 is 12.1 Å². The SMILES string of the molecule is CC(C)(C)OC(=O)Cc1ccc2c(c1)N(S(=O)(=O)c1ccc(F)c(C(F)(F)F)c1)C[C@H](C(N)=O)O2. The molecule has 13 heteroatoms. The molecule has 1 atom stereocenters. The summed E-state index contributed by atoms with van der Waals surface area (Å²) in [6.07, 6.45) is -6.84. The Morgan fingerprint density at radius 3 is 2.37 bits per heavy atom. The van der Waals surface area contributed by atoms with Crippen molar-refractivity contribution < 1.29 is 45.0 Å². The molecule has 190 valence electrons. The monoisotopic (exact) mass is 518 g/mol. The molecular formula is C22H22F4N2O6S. The number of primary amides is 1. The second-order valence-electron chi connectivity index (χ2n) is 8.75. The van der Waals surface area contributed by atoms with E-state index in [0.717, 1.165) is 0 Å². The molecule has 0 aliphatic carbocycles. The number of halogens is 4. The lowest BCUT2D eigenvalue weighted by Crippen LogP contribution is -2.49.